The quantitative estimate of drug-likeness (QED) is 0.163. The van der Waals surface area contributed by atoms with Crippen molar-refractivity contribution in [1.29, 1.82) is 0 Å². The highest BCUT2D eigenvalue weighted by Gasteiger charge is 2.50. The summed E-state index contributed by atoms with van der Waals surface area (Å²) in [6.45, 7) is 1.18. The lowest BCUT2D eigenvalue weighted by molar-refractivity contribution is -0.211. The number of imide groups is 1. The first kappa shape index (κ1) is 28.6. The van der Waals surface area contributed by atoms with Gasteiger partial charge in [0.2, 0.25) is 5.91 Å². The molecule has 38 heavy (non-hydrogen) atoms. The van der Waals surface area contributed by atoms with E-state index >= 15 is 0 Å². The van der Waals surface area contributed by atoms with E-state index in [2.05, 4.69) is 0 Å². The number of aliphatic hydroxyl groups excluding tert-OH is 1. The molecule has 206 valence electrons. The van der Waals surface area contributed by atoms with Crippen LogP contribution in [0, 0.1) is 5.82 Å². The van der Waals surface area contributed by atoms with Gasteiger partial charge in [-0.15, -0.1) is 0 Å². The van der Waals surface area contributed by atoms with E-state index in [1.165, 1.54) is 0 Å². The molecule has 0 aromatic heterocycles. The second-order valence-electron chi connectivity index (χ2n) is 8.30. The van der Waals surface area contributed by atoms with Crippen molar-refractivity contribution >= 4 is 36.8 Å². The largest absolute Gasteiger partial charge is 0.547 e. The van der Waals surface area contributed by atoms with E-state index in [4.69, 9.17) is 4.65 Å². The molecule has 1 aromatic carbocycles. The standard InChI is InChI=1S/C20H21BF4N4O9/c1-2-28-5-6-29(17(33)16(28)32)19(36)27-12(14(30)20(23,24)25)15(31)26-10-7-8-3-4-9(22)11(18(34)35)13(8)38-21(10)37/h3-4,10,12,14,30,37H,2,5-7H2,1H3,(H,26,31)(H,27,36)(H,34,35)/t10?,12-,14+/m1/s1. The maximum Gasteiger partial charge on any atom is 0.547 e. The summed E-state index contributed by atoms with van der Waals surface area (Å²) in [5, 5.41) is 32.7. The van der Waals surface area contributed by atoms with Gasteiger partial charge in [0.15, 0.2) is 6.10 Å². The highest BCUT2D eigenvalue weighted by molar-refractivity contribution is 6.47. The van der Waals surface area contributed by atoms with E-state index in [0.29, 0.717) is 0 Å². The predicted molar refractivity (Wildman–Crippen MR) is 116 cm³/mol. The van der Waals surface area contributed by atoms with Gasteiger partial charge in [-0.2, -0.15) is 13.2 Å². The first-order chi connectivity index (χ1) is 17.7. The third kappa shape index (κ3) is 5.64. The van der Waals surface area contributed by atoms with Crippen LogP contribution >= 0.6 is 0 Å². The molecular formula is C20H21BF4N4O9. The molecule has 18 heteroatoms. The van der Waals surface area contributed by atoms with Crippen LogP contribution in [0.2, 0.25) is 0 Å². The Morgan fingerprint density at radius 1 is 1.21 bits per heavy atom. The molecule has 1 fully saturated rings. The number of aromatic carboxylic acids is 1. The van der Waals surface area contributed by atoms with Crippen LogP contribution in [-0.4, -0.2) is 106 Å². The Balaban J connectivity index is 1.81. The molecular weight excluding hydrogens is 527 g/mol. The number of urea groups is 1. The maximum atomic E-state index is 13.9. The van der Waals surface area contributed by atoms with Crippen molar-refractivity contribution in [2.24, 2.45) is 0 Å². The van der Waals surface area contributed by atoms with Crippen molar-refractivity contribution < 1.29 is 61.4 Å². The highest BCUT2D eigenvalue weighted by Crippen LogP contribution is 2.32. The number of nitrogens with one attached hydrogen (secondary N) is 2. The van der Waals surface area contributed by atoms with Crippen LogP contribution in [0.4, 0.5) is 22.4 Å². The normalized spacial score (nSPS) is 19.3. The molecule has 0 saturated carbocycles. The van der Waals surface area contributed by atoms with Gasteiger partial charge in [0.05, 0.1) is 5.94 Å². The molecule has 0 radical (unpaired) electrons. The number of amides is 5. The average Bonchev–Trinajstić information content (AvgIpc) is 2.83. The van der Waals surface area contributed by atoms with E-state index in [-0.39, 0.29) is 23.6 Å². The minimum absolute atomic E-state index is 0.0192. The first-order valence-corrected chi connectivity index (χ1v) is 11.0. The van der Waals surface area contributed by atoms with E-state index in [9.17, 15) is 56.8 Å². The maximum absolute atomic E-state index is 13.9. The zero-order valence-corrected chi connectivity index (χ0v) is 19.5. The Labute approximate surface area is 211 Å². The number of benzene rings is 1. The number of hydrogen-bond donors (Lipinski definition) is 5. The topological polar surface area (TPSA) is 186 Å². The fraction of sp³-hybridized carbons (Fsp3) is 0.450. The number of carboxylic acids is 1. The minimum atomic E-state index is -5.43. The summed E-state index contributed by atoms with van der Waals surface area (Å²) in [4.78, 5) is 62.2. The lowest BCUT2D eigenvalue weighted by atomic mass is 9.72. The SMILES string of the molecule is CCN1CCN(C(=O)N[C@@H](C(=O)NC2Cc3ccc(F)c(C(=O)O)c3OB2O)[C@H](O)C(F)(F)F)C(=O)C1=O. The van der Waals surface area contributed by atoms with Gasteiger partial charge in [-0.1, -0.05) is 6.07 Å². The number of alkyl halides is 3. The molecule has 1 unspecified atom stereocenters. The van der Waals surface area contributed by atoms with Gasteiger partial charge in [0.1, 0.15) is 23.2 Å². The Bertz CT molecular complexity index is 1170. The van der Waals surface area contributed by atoms with Gasteiger partial charge in [0, 0.05) is 19.6 Å². The molecule has 2 aliphatic rings. The zero-order chi connectivity index (χ0) is 28.5. The molecule has 5 amide bonds. The van der Waals surface area contributed by atoms with Gasteiger partial charge in [0.25, 0.3) is 0 Å². The van der Waals surface area contributed by atoms with Crippen LogP contribution in [0.3, 0.4) is 0 Å². The molecule has 5 N–H and O–H groups in total. The number of carbonyl (C=O) groups is 5. The van der Waals surface area contributed by atoms with Crippen LogP contribution < -0.4 is 15.3 Å². The van der Waals surface area contributed by atoms with Crippen molar-refractivity contribution in [3.05, 3.63) is 29.1 Å². The fourth-order valence-electron chi connectivity index (χ4n) is 3.89. The van der Waals surface area contributed by atoms with Crippen molar-refractivity contribution in [3.8, 4) is 5.75 Å². The Hall–Kier alpha value is -3.93. The van der Waals surface area contributed by atoms with Gasteiger partial charge in [-0.25, -0.2) is 14.0 Å². The number of nitrogens with zero attached hydrogens (tertiary/aromatic N) is 2. The lowest BCUT2D eigenvalue weighted by Crippen LogP contribution is -2.65. The number of likely N-dealkylation sites (N-methyl/N-ethyl adjacent to an activating group) is 1. The number of piperazine rings is 1. The van der Waals surface area contributed by atoms with E-state index in [1.807, 2.05) is 5.32 Å². The summed E-state index contributed by atoms with van der Waals surface area (Å²) in [5.41, 5.74) is -0.930. The number of aliphatic hydroxyl groups is 1. The Morgan fingerprint density at radius 2 is 1.87 bits per heavy atom. The highest BCUT2D eigenvalue weighted by atomic mass is 19.4. The van der Waals surface area contributed by atoms with Crippen LogP contribution in [0.25, 0.3) is 0 Å². The van der Waals surface area contributed by atoms with Gasteiger partial charge >= 0.3 is 37.1 Å². The second-order valence-corrected chi connectivity index (χ2v) is 8.30. The average molecular weight is 548 g/mol. The number of carboxylic acid groups (broad SMARTS) is 1. The summed E-state index contributed by atoms with van der Waals surface area (Å²) in [6, 6.07) is -2.46. The van der Waals surface area contributed by atoms with Gasteiger partial charge < -0.3 is 35.4 Å². The molecule has 1 aromatic rings. The van der Waals surface area contributed by atoms with Gasteiger partial charge in [-0.3, -0.25) is 19.3 Å². The first-order valence-electron chi connectivity index (χ1n) is 11.0. The lowest BCUT2D eigenvalue weighted by Gasteiger charge is -2.34. The van der Waals surface area contributed by atoms with Crippen molar-refractivity contribution in [2.75, 3.05) is 19.6 Å². The smallest absolute Gasteiger partial charge is 0.534 e. The van der Waals surface area contributed by atoms with E-state index in [1.54, 1.807) is 12.2 Å². The van der Waals surface area contributed by atoms with Crippen molar-refractivity contribution in [2.45, 2.75) is 37.6 Å². The monoisotopic (exact) mass is 548 g/mol. The second kappa shape index (κ2) is 10.8. The molecule has 2 heterocycles. The fourth-order valence-corrected chi connectivity index (χ4v) is 3.89. The zero-order valence-electron chi connectivity index (χ0n) is 19.5. The van der Waals surface area contributed by atoms with Crippen molar-refractivity contribution in [1.82, 2.24) is 20.4 Å². The molecule has 3 rings (SSSR count). The summed E-state index contributed by atoms with van der Waals surface area (Å²) in [6.07, 6.45) is -9.34. The van der Waals surface area contributed by atoms with Gasteiger partial charge in [-0.05, 0) is 25.0 Å². The van der Waals surface area contributed by atoms with Crippen molar-refractivity contribution in [3.63, 3.8) is 0 Å². The molecule has 2 aliphatic heterocycles. The molecule has 0 aliphatic carbocycles. The minimum Gasteiger partial charge on any atom is -0.534 e. The van der Waals surface area contributed by atoms with Crippen LogP contribution in [0.5, 0.6) is 5.75 Å². The number of fused-ring (bicyclic) bond motifs is 1. The van der Waals surface area contributed by atoms with E-state index < -0.39 is 91.2 Å². The Morgan fingerprint density at radius 3 is 2.45 bits per heavy atom. The van der Waals surface area contributed by atoms with E-state index in [0.717, 1.165) is 17.0 Å². The Kier molecular flexibility index (Phi) is 8.16. The van der Waals surface area contributed by atoms with Crippen LogP contribution in [0.1, 0.15) is 22.8 Å². The number of carbonyl (C=O) groups excluding carboxylic acids is 4. The molecule has 0 spiro atoms. The molecule has 0 bridgehead atoms. The van der Waals surface area contributed by atoms with Crippen LogP contribution in [0.15, 0.2) is 12.1 Å². The van der Waals surface area contributed by atoms with Crippen LogP contribution in [-0.2, 0) is 20.8 Å². The summed E-state index contributed by atoms with van der Waals surface area (Å²) in [7, 11) is -2.06. The molecule has 3 atom stereocenters. The number of hydrogen-bond acceptors (Lipinski definition) is 8. The number of rotatable bonds is 6. The summed E-state index contributed by atoms with van der Waals surface area (Å²) < 4.78 is 58.8. The molecule has 1 saturated heterocycles. The molecule has 13 nitrogen and oxygen atoms in total. The number of halogens is 4. The summed E-state index contributed by atoms with van der Waals surface area (Å²) >= 11 is 0. The predicted octanol–water partition coefficient (Wildman–Crippen LogP) is -1.34. The third-order valence-electron chi connectivity index (χ3n) is 5.90. The summed E-state index contributed by atoms with van der Waals surface area (Å²) in [5.74, 6) is -9.10. The third-order valence-corrected chi connectivity index (χ3v) is 5.90.